The van der Waals surface area contributed by atoms with Crippen LogP contribution in [-0.4, -0.2) is 45.4 Å². The van der Waals surface area contributed by atoms with E-state index >= 15 is 0 Å². The Labute approximate surface area is 215 Å². The van der Waals surface area contributed by atoms with Gasteiger partial charge in [0.2, 0.25) is 0 Å². The summed E-state index contributed by atoms with van der Waals surface area (Å²) < 4.78 is 13.4. The number of carbonyl (C=O) groups is 1. The number of carbonyl (C=O) groups excluding carboxylic acids is 1. The summed E-state index contributed by atoms with van der Waals surface area (Å²) in [5, 5.41) is 1.21. The number of aryl methyl sites for hydroxylation is 1. The van der Waals surface area contributed by atoms with Gasteiger partial charge in [0.15, 0.2) is 0 Å². The average molecular weight is 495 g/mol. The minimum atomic E-state index is 0.0708. The van der Waals surface area contributed by atoms with Gasteiger partial charge in [-0.3, -0.25) is 4.79 Å². The first-order valence-electron chi connectivity index (χ1n) is 12.7. The van der Waals surface area contributed by atoms with E-state index in [1.807, 2.05) is 71.1 Å². The summed E-state index contributed by atoms with van der Waals surface area (Å²) in [6, 6.07) is 17.6. The predicted molar refractivity (Wildman–Crippen MR) is 143 cm³/mol. The molecule has 0 atom stereocenters. The molecule has 4 heterocycles. The molecule has 1 aliphatic heterocycles. The molecule has 0 saturated carbocycles. The number of hydrogen-bond acceptors (Lipinski definition) is 4. The van der Waals surface area contributed by atoms with E-state index in [0.717, 1.165) is 59.9 Å². The second-order valence-corrected chi connectivity index (χ2v) is 9.69. The Balaban J connectivity index is 1.06. The number of aromatic nitrogens is 3. The van der Waals surface area contributed by atoms with E-state index in [4.69, 9.17) is 9.47 Å². The number of nitrogens with zero attached hydrogens (tertiary/aromatic N) is 3. The van der Waals surface area contributed by atoms with Gasteiger partial charge in [-0.1, -0.05) is 6.07 Å². The zero-order valence-corrected chi connectivity index (χ0v) is 21.1. The number of nitrogens with one attached hydrogen (secondary N) is 1. The van der Waals surface area contributed by atoms with Crippen molar-refractivity contribution in [3.63, 3.8) is 0 Å². The third-order valence-corrected chi connectivity index (χ3v) is 7.36. The molecule has 7 nitrogen and oxygen atoms in total. The van der Waals surface area contributed by atoms with Gasteiger partial charge in [-0.15, -0.1) is 0 Å². The van der Waals surface area contributed by atoms with Crippen LogP contribution in [0.5, 0.6) is 11.5 Å². The average Bonchev–Trinajstić information content (AvgIpc) is 3.56. The standard InChI is InChI=1S/C30H30N4O3/c1-20-4-3-13-34-18-23(32-29(20)34)19-37-24-7-5-22(6-8-24)30(35)33-14-11-21(12-15-33)27-17-31-28-10-9-25(36-2)16-26(27)28/h3-10,13,16-18,21,31H,11-12,14-15,19H2,1-2H3. The second-order valence-electron chi connectivity index (χ2n) is 9.69. The maximum absolute atomic E-state index is 13.2. The third-order valence-electron chi connectivity index (χ3n) is 7.36. The van der Waals surface area contributed by atoms with Crippen molar-refractivity contribution in [2.24, 2.45) is 0 Å². The molecule has 1 saturated heterocycles. The van der Waals surface area contributed by atoms with Crippen molar-refractivity contribution in [1.29, 1.82) is 0 Å². The molecule has 0 bridgehead atoms. The molecule has 0 unspecified atom stereocenters. The first-order chi connectivity index (χ1) is 18.1. The van der Waals surface area contributed by atoms with E-state index in [-0.39, 0.29) is 5.91 Å². The summed E-state index contributed by atoms with van der Waals surface area (Å²) in [6.07, 6.45) is 7.96. The molecule has 6 rings (SSSR count). The van der Waals surface area contributed by atoms with E-state index in [0.29, 0.717) is 18.1 Å². The van der Waals surface area contributed by atoms with Crippen LogP contribution in [0.25, 0.3) is 16.6 Å². The Morgan fingerprint density at radius 3 is 2.62 bits per heavy atom. The van der Waals surface area contributed by atoms with Gasteiger partial charge >= 0.3 is 0 Å². The number of imidazole rings is 1. The van der Waals surface area contributed by atoms with Gasteiger partial charge in [-0.05, 0) is 85.3 Å². The number of amides is 1. The lowest BCUT2D eigenvalue weighted by molar-refractivity contribution is 0.0713. The van der Waals surface area contributed by atoms with Crippen LogP contribution in [0.3, 0.4) is 0 Å². The number of aromatic amines is 1. The molecule has 1 fully saturated rings. The highest BCUT2D eigenvalue weighted by atomic mass is 16.5. The number of pyridine rings is 1. The fourth-order valence-electron chi connectivity index (χ4n) is 5.29. The molecule has 2 aromatic carbocycles. The summed E-state index contributed by atoms with van der Waals surface area (Å²) in [4.78, 5) is 23.2. The fraction of sp³-hybridized carbons (Fsp3) is 0.267. The van der Waals surface area contributed by atoms with Crippen molar-refractivity contribution in [2.75, 3.05) is 20.2 Å². The molecule has 3 aromatic heterocycles. The minimum Gasteiger partial charge on any atom is -0.497 e. The zero-order chi connectivity index (χ0) is 25.4. The molecular weight excluding hydrogens is 464 g/mol. The Hall–Kier alpha value is -4.26. The van der Waals surface area contributed by atoms with Crippen molar-refractivity contribution in [2.45, 2.75) is 32.3 Å². The monoisotopic (exact) mass is 494 g/mol. The lowest BCUT2D eigenvalue weighted by atomic mass is 9.89. The van der Waals surface area contributed by atoms with Crippen molar-refractivity contribution >= 4 is 22.5 Å². The molecule has 1 N–H and O–H groups in total. The molecule has 188 valence electrons. The number of rotatable bonds is 6. The summed E-state index contributed by atoms with van der Waals surface area (Å²) in [6.45, 7) is 3.91. The van der Waals surface area contributed by atoms with Gasteiger partial charge in [0, 0.05) is 48.1 Å². The molecular formula is C30H30N4O3. The van der Waals surface area contributed by atoms with Gasteiger partial charge in [-0.2, -0.15) is 0 Å². The molecule has 7 heteroatoms. The summed E-state index contributed by atoms with van der Waals surface area (Å²) in [5.41, 5.74) is 6.05. The van der Waals surface area contributed by atoms with Gasteiger partial charge in [-0.25, -0.2) is 4.98 Å². The van der Waals surface area contributed by atoms with Crippen LogP contribution in [-0.2, 0) is 6.61 Å². The van der Waals surface area contributed by atoms with E-state index in [1.54, 1.807) is 7.11 Å². The highest BCUT2D eigenvalue weighted by Crippen LogP contribution is 2.35. The SMILES string of the molecule is COc1ccc2[nH]cc(C3CCN(C(=O)c4ccc(OCc5cn6cccc(C)c6n5)cc4)CC3)c2c1. The highest BCUT2D eigenvalue weighted by molar-refractivity contribution is 5.94. The van der Waals surface area contributed by atoms with Crippen molar-refractivity contribution in [3.05, 3.63) is 95.6 Å². The molecule has 37 heavy (non-hydrogen) atoms. The Morgan fingerprint density at radius 1 is 1.08 bits per heavy atom. The quantitative estimate of drug-likeness (QED) is 0.327. The lowest BCUT2D eigenvalue weighted by Gasteiger charge is -2.32. The van der Waals surface area contributed by atoms with Crippen molar-refractivity contribution in [3.8, 4) is 11.5 Å². The number of piperidine rings is 1. The van der Waals surface area contributed by atoms with E-state index in [9.17, 15) is 4.79 Å². The normalized spacial score (nSPS) is 14.4. The first kappa shape index (κ1) is 23.2. The predicted octanol–water partition coefficient (Wildman–Crippen LogP) is 5.73. The van der Waals surface area contributed by atoms with E-state index < -0.39 is 0 Å². The Bertz CT molecular complexity index is 1560. The maximum atomic E-state index is 13.2. The number of likely N-dealkylation sites (tertiary alicyclic amines) is 1. The molecule has 0 aliphatic carbocycles. The number of H-pyrrole nitrogens is 1. The topological polar surface area (TPSA) is 71.9 Å². The molecule has 0 radical (unpaired) electrons. The second kappa shape index (κ2) is 9.65. The smallest absolute Gasteiger partial charge is 0.253 e. The van der Waals surface area contributed by atoms with Gasteiger partial charge in [0.05, 0.1) is 12.8 Å². The third kappa shape index (κ3) is 4.53. The van der Waals surface area contributed by atoms with E-state index in [2.05, 4.69) is 28.3 Å². The first-order valence-corrected chi connectivity index (χ1v) is 12.7. The summed E-state index contributed by atoms with van der Waals surface area (Å²) >= 11 is 0. The van der Waals surface area contributed by atoms with E-state index in [1.165, 1.54) is 10.9 Å². The molecule has 1 aliphatic rings. The van der Waals surface area contributed by atoms with Crippen molar-refractivity contribution in [1.82, 2.24) is 19.3 Å². The molecule has 5 aromatic rings. The lowest BCUT2D eigenvalue weighted by Crippen LogP contribution is -2.37. The van der Waals surface area contributed by atoms with Crippen molar-refractivity contribution < 1.29 is 14.3 Å². The minimum absolute atomic E-state index is 0.0708. The highest BCUT2D eigenvalue weighted by Gasteiger charge is 2.26. The van der Waals surface area contributed by atoms with Crippen LogP contribution < -0.4 is 9.47 Å². The molecule has 0 spiro atoms. The summed E-state index contributed by atoms with van der Waals surface area (Å²) in [5.74, 6) is 2.08. The van der Waals surface area contributed by atoms with Crippen LogP contribution in [0, 0.1) is 6.92 Å². The number of ether oxygens (including phenoxy) is 2. The largest absolute Gasteiger partial charge is 0.497 e. The van der Waals surface area contributed by atoms with Gasteiger partial charge < -0.3 is 23.8 Å². The maximum Gasteiger partial charge on any atom is 0.253 e. The number of methoxy groups -OCH3 is 1. The van der Waals surface area contributed by atoms with Crippen LogP contribution in [0.15, 0.2) is 73.2 Å². The Kier molecular flexibility index (Phi) is 6.04. The van der Waals surface area contributed by atoms with Gasteiger partial charge in [0.25, 0.3) is 5.91 Å². The Morgan fingerprint density at radius 2 is 1.86 bits per heavy atom. The number of hydrogen-bond donors (Lipinski definition) is 1. The van der Waals surface area contributed by atoms with Crippen LogP contribution in [0.4, 0.5) is 0 Å². The number of fused-ring (bicyclic) bond motifs is 2. The zero-order valence-electron chi connectivity index (χ0n) is 21.1. The van der Waals surface area contributed by atoms with Gasteiger partial charge in [0.1, 0.15) is 23.8 Å². The molecule has 1 amide bonds. The fourth-order valence-corrected chi connectivity index (χ4v) is 5.29. The van der Waals surface area contributed by atoms with Crippen LogP contribution in [0.1, 0.15) is 45.9 Å². The summed E-state index contributed by atoms with van der Waals surface area (Å²) in [7, 11) is 1.69. The number of benzene rings is 2. The van der Waals surface area contributed by atoms with Crippen LogP contribution in [0.2, 0.25) is 0 Å². The van der Waals surface area contributed by atoms with Crippen LogP contribution >= 0.6 is 0 Å².